The molecule has 8 heteroatoms. The normalized spacial score (nSPS) is 11.6. The van der Waals surface area contributed by atoms with Crippen molar-refractivity contribution in [2.45, 2.75) is 13.0 Å². The highest BCUT2D eigenvalue weighted by Crippen LogP contribution is 2.17. The van der Waals surface area contributed by atoms with Crippen molar-refractivity contribution in [2.75, 3.05) is 32.8 Å². The van der Waals surface area contributed by atoms with Crippen LogP contribution in [0.2, 0.25) is 5.15 Å². The van der Waals surface area contributed by atoms with E-state index in [1.807, 2.05) is 9.47 Å². The molecule has 0 saturated heterocycles. The highest BCUT2D eigenvalue weighted by molar-refractivity contribution is 6.33. The van der Waals surface area contributed by atoms with Crippen LogP contribution in [-0.2, 0) is 6.54 Å². The Kier molecular flexibility index (Phi) is 5.66. The van der Waals surface area contributed by atoms with Crippen molar-refractivity contribution in [1.82, 2.24) is 24.4 Å². The van der Waals surface area contributed by atoms with Crippen LogP contribution in [0.4, 0.5) is 0 Å². The van der Waals surface area contributed by atoms with E-state index >= 15 is 0 Å². The van der Waals surface area contributed by atoms with Crippen LogP contribution in [0.1, 0.15) is 6.42 Å². The van der Waals surface area contributed by atoms with E-state index in [1.54, 1.807) is 6.33 Å². The van der Waals surface area contributed by atoms with Gasteiger partial charge < -0.3 is 14.8 Å². The van der Waals surface area contributed by atoms with E-state index in [-0.39, 0.29) is 13.2 Å². The van der Waals surface area contributed by atoms with Crippen LogP contribution in [0, 0.1) is 0 Å². The van der Waals surface area contributed by atoms with Crippen LogP contribution in [0.3, 0.4) is 0 Å². The van der Waals surface area contributed by atoms with Gasteiger partial charge in [-0.25, -0.2) is 15.0 Å². The summed E-state index contributed by atoms with van der Waals surface area (Å²) in [4.78, 5) is 14.3. The lowest BCUT2D eigenvalue weighted by Crippen LogP contribution is -2.31. The molecule has 0 radical (unpaired) electrons. The third kappa shape index (κ3) is 3.63. The number of rotatable bonds is 8. The first kappa shape index (κ1) is 15.1. The van der Waals surface area contributed by atoms with Gasteiger partial charge in [0.2, 0.25) is 0 Å². The van der Waals surface area contributed by atoms with Crippen LogP contribution >= 0.6 is 11.6 Å². The average Bonchev–Trinajstić information content (AvgIpc) is 2.84. The Labute approximate surface area is 121 Å². The summed E-state index contributed by atoms with van der Waals surface area (Å²) >= 11 is 5.95. The van der Waals surface area contributed by atoms with Crippen molar-refractivity contribution >= 4 is 22.8 Å². The van der Waals surface area contributed by atoms with Gasteiger partial charge in [-0.15, -0.1) is 0 Å². The van der Waals surface area contributed by atoms with Gasteiger partial charge in [0.05, 0.1) is 19.5 Å². The molecule has 0 fully saturated rings. The second kappa shape index (κ2) is 7.49. The Bertz CT molecular complexity index is 542. The fourth-order valence-electron chi connectivity index (χ4n) is 2.10. The molecule has 0 amide bonds. The van der Waals surface area contributed by atoms with Gasteiger partial charge in [-0.2, -0.15) is 0 Å². The molecule has 2 N–H and O–H groups in total. The number of aliphatic hydroxyl groups excluding tert-OH is 2. The molecule has 2 aromatic heterocycles. The van der Waals surface area contributed by atoms with Crippen LogP contribution in [-0.4, -0.2) is 67.5 Å². The molecule has 0 spiro atoms. The van der Waals surface area contributed by atoms with Gasteiger partial charge in [0, 0.05) is 26.2 Å². The summed E-state index contributed by atoms with van der Waals surface area (Å²) in [5.41, 5.74) is 1.33. The molecule has 0 aromatic carbocycles. The van der Waals surface area contributed by atoms with Crippen LogP contribution in [0.5, 0.6) is 0 Å². The maximum absolute atomic E-state index is 8.95. The number of aromatic nitrogens is 4. The van der Waals surface area contributed by atoms with Crippen molar-refractivity contribution in [3.63, 3.8) is 0 Å². The zero-order chi connectivity index (χ0) is 14.4. The molecule has 0 atom stereocenters. The van der Waals surface area contributed by atoms with E-state index in [4.69, 9.17) is 21.8 Å². The first-order valence-corrected chi connectivity index (χ1v) is 6.89. The molecule has 20 heavy (non-hydrogen) atoms. The molecule has 7 nitrogen and oxygen atoms in total. The summed E-state index contributed by atoms with van der Waals surface area (Å²) in [6.07, 6.45) is 3.99. The largest absolute Gasteiger partial charge is 0.395 e. The molecule has 0 bridgehead atoms. The lowest BCUT2D eigenvalue weighted by Gasteiger charge is -2.19. The predicted molar refractivity (Wildman–Crippen MR) is 75.6 cm³/mol. The summed E-state index contributed by atoms with van der Waals surface area (Å²) in [5, 5.41) is 18.3. The van der Waals surface area contributed by atoms with E-state index in [9.17, 15) is 0 Å². The van der Waals surface area contributed by atoms with Crippen LogP contribution in [0.25, 0.3) is 11.2 Å². The third-order valence-electron chi connectivity index (χ3n) is 3.06. The second-order valence-corrected chi connectivity index (χ2v) is 4.78. The third-order valence-corrected chi connectivity index (χ3v) is 3.34. The van der Waals surface area contributed by atoms with Gasteiger partial charge in [-0.05, 0) is 6.42 Å². The Morgan fingerprint density at radius 1 is 1.10 bits per heavy atom. The molecule has 2 aromatic rings. The summed E-state index contributed by atoms with van der Waals surface area (Å²) in [6, 6.07) is 0. The van der Waals surface area contributed by atoms with Crippen molar-refractivity contribution in [2.24, 2.45) is 0 Å². The van der Waals surface area contributed by atoms with E-state index in [1.165, 1.54) is 6.33 Å². The molecule has 110 valence electrons. The first-order valence-electron chi connectivity index (χ1n) is 6.51. The standard InChI is InChI=1S/C12H18ClN5O2/c13-11-10-12(15-8-14-11)18(9-16-10)3-1-2-17(4-6-19)5-7-20/h8-9,19-20H,1-7H2. The minimum atomic E-state index is 0.0941. The molecule has 2 rings (SSSR count). The summed E-state index contributed by atoms with van der Waals surface area (Å²) in [6.45, 7) is 2.86. The van der Waals surface area contributed by atoms with E-state index in [0.29, 0.717) is 23.8 Å². The number of aryl methyl sites for hydroxylation is 1. The zero-order valence-corrected chi connectivity index (χ0v) is 11.9. The summed E-state index contributed by atoms with van der Waals surface area (Å²) < 4.78 is 1.93. The van der Waals surface area contributed by atoms with E-state index in [0.717, 1.165) is 25.2 Å². The van der Waals surface area contributed by atoms with Crippen molar-refractivity contribution in [3.05, 3.63) is 17.8 Å². The number of fused-ring (bicyclic) bond motifs is 1. The van der Waals surface area contributed by atoms with Gasteiger partial charge in [0.1, 0.15) is 11.8 Å². The van der Waals surface area contributed by atoms with Crippen molar-refractivity contribution in [3.8, 4) is 0 Å². The van der Waals surface area contributed by atoms with Crippen LogP contribution < -0.4 is 0 Å². The molecule has 0 aliphatic carbocycles. The lowest BCUT2D eigenvalue weighted by atomic mass is 10.3. The number of halogens is 1. The Morgan fingerprint density at radius 3 is 2.55 bits per heavy atom. The quantitative estimate of drug-likeness (QED) is 0.675. The Hall–Kier alpha value is -1.28. The molecular weight excluding hydrogens is 282 g/mol. The summed E-state index contributed by atoms with van der Waals surface area (Å²) in [7, 11) is 0. The van der Waals surface area contributed by atoms with Gasteiger partial charge >= 0.3 is 0 Å². The van der Waals surface area contributed by atoms with Crippen LogP contribution in [0.15, 0.2) is 12.7 Å². The van der Waals surface area contributed by atoms with Gasteiger partial charge in [0.15, 0.2) is 10.8 Å². The molecule has 2 heterocycles. The monoisotopic (exact) mass is 299 g/mol. The highest BCUT2D eigenvalue weighted by atomic mass is 35.5. The number of aliphatic hydroxyl groups is 2. The van der Waals surface area contributed by atoms with E-state index < -0.39 is 0 Å². The fraction of sp³-hybridized carbons (Fsp3) is 0.583. The number of hydrogen-bond donors (Lipinski definition) is 2. The molecule has 0 saturated carbocycles. The zero-order valence-electron chi connectivity index (χ0n) is 11.1. The highest BCUT2D eigenvalue weighted by Gasteiger charge is 2.09. The minimum Gasteiger partial charge on any atom is -0.395 e. The topological polar surface area (TPSA) is 87.3 Å². The maximum Gasteiger partial charge on any atom is 0.164 e. The Balaban J connectivity index is 1.94. The maximum atomic E-state index is 8.95. The van der Waals surface area contributed by atoms with Gasteiger partial charge in [0.25, 0.3) is 0 Å². The Morgan fingerprint density at radius 2 is 1.85 bits per heavy atom. The molecule has 0 aliphatic rings. The molecular formula is C12H18ClN5O2. The minimum absolute atomic E-state index is 0.0941. The van der Waals surface area contributed by atoms with Crippen molar-refractivity contribution < 1.29 is 10.2 Å². The second-order valence-electron chi connectivity index (χ2n) is 4.42. The fourth-order valence-corrected chi connectivity index (χ4v) is 2.28. The molecule has 0 unspecified atom stereocenters. The van der Waals surface area contributed by atoms with Gasteiger partial charge in [-0.1, -0.05) is 11.6 Å². The molecule has 0 aliphatic heterocycles. The number of hydrogen-bond acceptors (Lipinski definition) is 6. The summed E-state index contributed by atoms with van der Waals surface area (Å²) in [5.74, 6) is 0. The lowest BCUT2D eigenvalue weighted by molar-refractivity contribution is 0.158. The van der Waals surface area contributed by atoms with Crippen molar-refractivity contribution in [1.29, 1.82) is 0 Å². The SMILES string of the molecule is OCCN(CCO)CCCn1cnc2c(Cl)ncnc21. The average molecular weight is 300 g/mol. The predicted octanol–water partition coefficient (Wildman–Crippen LogP) is 0.156. The number of nitrogens with zero attached hydrogens (tertiary/aromatic N) is 5. The van der Waals surface area contributed by atoms with E-state index in [2.05, 4.69) is 15.0 Å². The van der Waals surface area contributed by atoms with Gasteiger partial charge in [-0.3, -0.25) is 4.90 Å². The number of imidazole rings is 1. The smallest absolute Gasteiger partial charge is 0.164 e. The first-order chi connectivity index (χ1) is 9.76.